The summed E-state index contributed by atoms with van der Waals surface area (Å²) in [6, 6.07) is 11.8. The van der Waals surface area contributed by atoms with E-state index in [1.807, 2.05) is 12.3 Å². The van der Waals surface area contributed by atoms with Crippen LogP contribution in [-0.2, 0) is 4.74 Å². The summed E-state index contributed by atoms with van der Waals surface area (Å²) in [6.45, 7) is 0. The van der Waals surface area contributed by atoms with Crippen LogP contribution in [0.4, 0.5) is 27.8 Å². The molecule has 2 heterocycles. The first kappa shape index (κ1) is 21.1. The second-order valence-electron chi connectivity index (χ2n) is 5.88. The van der Waals surface area contributed by atoms with Gasteiger partial charge in [0.25, 0.3) is 0 Å². The van der Waals surface area contributed by atoms with Crippen molar-refractivity contribution in [3.63, 3.8) is 0 Å². The number of amides is 2. The summed E-state index contributed by atoms with van der Waals surface area (Å²) in [5, 5.41) is 13.9. The Bertz CT molecular complexity index is 1050. The van der Waals surface area contributed by atoms with Crippen molar-refractivity contribution in [3.05, 3.63) is 60.4 Å². The lowest BCUT2D eigenvalue weighted by molar-refractivity contribution is 0.0597. The molecule has 0 atom stereocenters. The number of esters is 1. The van der Waals surface area contributed by atoms with Crippen LogP contribution in [0.3, 0.4) is 0 Å². The minimum atomic E-state index is -0.419. The van der Waals surface area contributed by atoms with Gasteiger partial charge in [-0.15, -0.1) is 16.9 Å². The van der Waals surface area contributed by atoms with Gasteiger partial charge >= 0.3 is 12.0 Å². The zero-order chi connectivity index (χ0) is 21.5. The van der Waals surface area contributed by atoms with Crippen LogP contribution in [0.2, 0.25) is 0 Å². The van der Waals surface area contributed by atoms with Crippen molar-refractivity contribution >= 4 is 46.8 Å². The predicted molar refractivity (Wildman–Crippen MR) is 116 cm³/mol. The van der Waals surface area contributed by atoms with Crippen molar-refractivity contribution < 1.29 is 14.3 Å². The predicted octanol–water partition coefficient (Wildman–Crippen LogP) is 3.60. The van der Waals surface area contributed by atoms with Gasteiger partial charge in [-0.25, -0.2) is 19.5 Å². The van der Waals surface area contributed by atoms with Crippen molar-refractivity contribution in [2.75, 3.05) is 30.6 Å². The molecule has 0 saturated heterocycles. The summed E-state index contributed by atoms with van der Waals surface area (Å²) in [5.41, 5.74) is 1.74. The first-order chi connectivity index (χ1) is 14.6. The molecule has 0 bridgehead atoms. The number of hydrogen-bond acceptors (Lipinski definition) is 8. The molecule has 0 fully saturated rings. The third-order valence-corrected chi connectivity index (χ3v) is 4.92. The van der Waals surface area contributed by atoms with E-state index in [0.717, 1.165) is 4.90 Å². The highest BCUT2D eigenvalue weighted by Gasteiger charge is 2.21. The molecule has 10 heteroatoms. The van der Waals surface area contributed by atoms with E-state index >= 15 is 0 Å². The molecule has 154 valence electrons. The fourth-order valence-corrected chi connectivity index (χ4v) is 3.45. The van der Waals surface area contributed by atoms with E-state index < -0.39 is 12.0 Å². The van der Waals surface area contributed by atoms with Crippen LogP contribution < -0.4 is 15.5 Å². The van der Waals surface area contributed by atoms with Crippen LogP contribution in [0, 0.1) is 0 Å². The number of carbonyl (C=O) groups excluding carboxylic acids is 2. The second kappa shape index (κ2) is 9.70. The van der Waals surface area contributed by atoms with Gasteiger partial charge in [0.15, 0.2) is 5.82 Å². The minimum absolute atomic E-state index is 0.285. The van der Waals surface area contributed by atoms with E-state index in [9.17, 15) is 9.59 Å². The van der Waals surface area contributed by atoms with Crippen molar-refractivity contribution in [2.24, 2.45) is 0 Å². The molecule has 9 nitrogen and oxygen atoms in total. The quantitative estimate of drug-likeness (QED) is 0.456. The molecular formula is C20H20N6O3S. The smallest absolute Gasteiger partial charge is 0.339 e. The Balaban J connectivity index is 1.98. The number of rotatable bonds is 6. The topological polar surface area (TPSA) is 109 Å². The first-order valence-electron chi connectivity index (χ1n) is 8.87. The molecule has 2 N–H and O–H groups in total. The number of carbonyl (C=O) groups is 2. The number of benzene rings is 1. The monoisotopic (exact) mass is 424 g/mol. The molecule has 2 aromatic heterocycles. The van der Waals surface area contributed by atoms with E-state index in [1.54, 1.807) is 42.6 Å². The van der Waals surface area contributed by atoms with Crippen LogP contribution in [0.5, 0.6) is 0 Å². The summed E-state index contributed by atoms with van der Waals surface area (Å²) >= 11 is 1.42. The summed E-state index contributed by atoms with van der Waals surface area (Å²) < 4.78 is 4.86. The highest BCUT2D eigenvalue weighted by molar-refractivity contribution is 7.98. The number of aromatic nitrogens is 3. The van der Waals surface area contributed by atoms with Gasteiger partial charge in [0.1, 0.15) is 5.82 Å². The number of methoxy groups -OCH3 is 1. The van der Waals surface area contributed by atoms with Crippen molar-refractivity contribution in [2.45, 2.75) is 4.90 Å². The summed E-state index contributed by atoms with van der Waals surface area (Å²) in [6.07, 6.45) is 4.99. The zero-order valence-electron chi connectivity index (χ0n) is 16.6. The van der Waals surface area contributed by atoms with Gasteiger partial charge in [0.05, 0.1) is 30.2 Å². The lowest BCUT2D eigenvalue weighted by Crippen LogP contribution is -2.35. The molecule has 1 aromatic carbocycles. The molecule has 0 aliphatic carbocycles. The Morgan fingerprint density at radius 3 is 2.63 bits per heavy atom. The maximum Gasteiger partial charge on any atom is 0.339 e. The number of ether oxygens (including phenoxy) is 1. The van der Waals surface area contributed by atoms with Gasteiger partial charge in [-0.1, -0.05) is 12.1 Å². The van der Waals surface area contributed by atoms with E-state index in [4.69, 9.17) is 4.74 Å². The zero-order valence-corrected chi connectivity index (χ0v) is 17.4. The molecule has 3 rings (SSSR count). The molecule has 0 aliphatic rings. The van der Waals surface area contributed by atoms with Gasteiger partial charge < -0.3 is 15.4 Å². The van der Waals surface area contributed by atoms with Crippen LogP contribution in [0.25, 0.3) is 0 Å². The number of hydrogen-bond donors (Lipinski definition) is 2. The Morgan fingerprint density at radius 2 is 1.97 bits per heavy atom. The molecule has 3 aromatic rings. The van der Waals surface area contributed by atoms with Gasteiger partial charge in [0.2, 0.25) is 0 Å². The number of anilines is 4. The minimum Gasteiger partial charge on any atom is -0.465 e. The van der Waals surface area contributed by atoms with Crippen LogP contribution in [0.15, 0.2) is 59.8 Å². The standard InChI is InChI=1S/C20H20N6O3S/c1-21-20(28)26(16-9-4-5-10-22-16)17-11-13(12-23-25-17)24-15-8-6-7-14(18(15)30-3)19(27)29-2/h4-12H,1-3H3,(H,21,28)(H,24,25). The molecule has 30 heavy (non-hydrogen) atoms. The van der Waals surface area contributed by atoms with E-state index in [1.165, 1.54) is 37.0 Å². The molecule has 2 amide bonds. The van der Waals surface area contributed by atoms with E-state index in [-0.39, 0.29) is 5.82 Å². The highest BCUT2D eigenvalue weighted by Crippen LogP contribution is 2.33. The molecule has 0 spiro atoms. The maximum atomic E-state index is 12.5. The number of urea groups is 1. The molecule has 0 saturated carbocycles. The fourth-order valence-electron chi connectivity index (χ4n) is 2.74. The average molecular weight is 424 g/mol. The number of nitrogens with one attached hydrogen (secondary N) is 2. The van der Waals surface area contributed by atoms with Crippen molar-refractivity contribution in [1.29, 1.82) is 0 Å². The van der Waals surface area contributed by atoms with Crippen molar-refractivity contribution in [3.8, 4) is 0 Å². The summed E-state index contributed by atoms with van der Waals surface area (Å²) in [4.78, 5) is 30.8. The third kappa shape index (κ3) is 4.49. The molecule has 0 unspecified atom stereocenters. The van der Waals surface area contributed by atoms with Gasteiger partial charge in [0, 0.05) is 24.2 Å². The fraction of sp³-hybridized carbons (Fsp3) is 0.150. The molecular weight excluding hydrogens is 404 g/mol. The van der Waals surface area contributed by atoms with Crippen LogP contribution in [-0.4, -0.2) is 47.6 Å². The number of nitrogens with zero attached hydrogens (tertiary/aromatic N) is 4. The van der Waals surface area contributed by atoms with E-state index in [2.05, 4.69) is 25.8 Å². The Kier molecular flexibility index (Phi) is 6.81. The van der Waals surface area contributed by atoms with Crippen molar-refractivity contribution in [1.82, 2.24) is 20.5 Å². The van der Waals surface area contributed by atoms with Crippen LogP contribution in [0.1, 0.15) is 10.4 Å². The Labute approximate surface area is 177 Å². The lowest BCUT2D eigenvalue weighted by atomic mass is 10.2. The third-order valence-electron chi connectivity index (χ3n) is 4.07. The Morgan fingerprint density at radius 1 is 1.13 bits per heavy atom. The Hall–Kier alpha value is -3.66. The van der Waals surface area contributed by atoms with Gasteiger partial charge in [-0.3, -0.25) is 0 Å². The summed E-state index contributed by atoms with van der Waals surface area (Å²) in [5.74, 6) is 0.270. The van der Waals surface area contributed by atoms with E-state index in [0.29, 0.717) is 22.8 Å². The largest absolute Gasteiger partial charge is 0.465 e. The number of thioether (sulfide) groups is 1. The average Bonchev–Trinajstić information content (AvgIpc) is 2.79. The highest BCUT2D eigenvalue weighted by atomic mass is 32.2. The van der Waals surface area contributed by atoms with Gasteiger partial charge in [-0.2, -0.15) is 5.10 Å². The normalized spacial score (nSPS) is 10.2. The van der Waals surface area contributed by atoms with Crippen LogP contribution >= 0.6 is 11.8 Å². The SMILES string of the molecule is CNC(=O)N(c1ccccn1)c1cc(Nc2cccc(C(=O)OC)c2SC)cnn1. The summed E-state index contributed by atoms with van der Waals surface area (Å²) in [7, 11) is 2.87. The maximum absolute atomic E-state index is 12.5. The molecule has 0 aliphatic heterocycles. The molecule has 0 radical (unpaired) electrons. The first-order valence-corrected chi connectivity index (χ1v) is 10.1. The lowest BCUT2D eigenvalue weighted by Gasteiger charge is -2.20. The van der Waals surface area contributed by atoms with Gasteiger partial charge in [-0.05, 0) is 30.5 Å². The number of pyridine rings is 1. The second-order valence-corrected chi connectivity index (χ2v) is 6.70.